The lowest BCUT2D eigenvalue weighted by atomic mass is 10.2. The molecular formula is C9H20N2O2. The number of hydrogen-bond acceptors (Lipinski definition) is 3. The maximum absolute atomic E-state index is 11.1. The Kier molecular flexibility index (Phi) is 6.32. The Morgan fingerprint density at radius 3 is 2.62 bits per heavy atom. The van der Waals surface area contributed by atoms with Gasteiger partial charge in [-0.25, -0.2) is 15.6 Å². The second kappa shape index (κ2) is 6.71. The van der Waals surface area contributed by atoms with E-state index in [0.717, 1.165) is 17.9 Å². The molecule has 0 radical (unpaired) electrons. The molecular weight excluding hydrogens is 168 g/mol. The lowest BCUT2D eigenvalue weighted by Gasteiger charge is -2.16. The summed E-state index contributed by atoms with van der Waals surface area (Å²) in [4.78, 5) is 11.1. The number of carbonyl (C=O) groups is 1. The highest BCUT2D eigenvalue weighted by molar-refractivity contribution is 5.66. The monoisotopic (exact) mass is 188 g/mol. The van der Waals surface area contributed by atoms with Crippen LogP contribution in [0.25, 0.3) is 0 Å². The fraction of sp³-hybridized carbons (Fsp3) is 0.889. The zero-order chi connectivity index (χ0) is 10.3. The van der Waals surface area contributed by atoms with E-state index in [9.17, 15) is 4.79 Å². The Balaban J connectivity index is 3.57. The van der Waals surface area contributed by atoms with Crippen molar-refractivity contribution in [1.82, 2.24) is 5.01 Å². The number of hydrazine groups is 1. The number of rotatable bonds is 5. The third-order valence-electron chi connectivity index (χ3n) is 1.53. The second-order valence-corrected chi connectivity index (χ2v) is 3.52. The van der Waals surface area contributed by atoms with Gasteiger partial charge in [0.15, 0.2) is 0 Å². The van der Waals surface area contributed by atoms with Crippen molar-refractivity contribution >= 4 is 6.09 Å². The van der Waals surface area contributed by atoms with Crippen LogP contribution < -0.4 is 5.84 Å². The van der Waals surface area contributed by atoms with E-state index < -0.39 is 6.09 Å². The maximum atomic E-state index is 11.1. The summed E-state index contributed by atoms with van der Waals surface area (Å²) >= 11 is 0. The first-order valence-electron chi connectivity index (χ1n) is 4.77. The lowest BCUT2D eigenvalue weighted by molar-refractivity contribution is 0.0916. The standard InChI is InChI=1S/C9H20N2O2/c1-4-5-6-11(10)9(12)13-7-8(2)3/h8H,4-7,10H2,1-3H3. The van der Waals surface area contributed by atoms with Gasteiger partial charge in [0.1, 0.15) is 0 Å². The normalized spacial score (nSPS) is 10.2. The van der Waals surface area contributed by atoms with E-state index >= 15 is 0 Å². The molecule has 0 aliphatic rings. The van der Waals surface area contributed by atoms with Gasteiger partial charge >= 0.3 is 6.09 Å². The molecule has 2 N–H and O–H groups in total. The van der Waals surface area contributed by atoms with Crippen LogP contribution in [0, 0.1) is 5.92 Å². The van der Waals surface area contributed by atoms with Gasteiger partial charge in [-0.05, 0) is 12.3 Å². The summed E-state index contributed by atoms with van der Waals surface area (Å²) < 4.78 is 4.92. The molecule has 78 valence electrons. The molecule has 0 unspecified atom stereocenters. The van der Waals surface area contributed by atoms with Gasteiger partial charge in [-0.2, -0.15) is 0 Å². The molecule has 1 amide bonds. The number of nitrogens with zero attached hydrogens (tertiary/aromatic N) is 1. The Morgan fingerprint density at radius 1 is 1.54 bits per heavy atom. The molecule has 0 aromatic heterocycles. The predicted octanol–water partition coefficient (Wildman–Crippen LogP) is 1.75. The van der Waals surface area contributed by atoms with E-state index in [4.69, 9.17) is 10.6 Å². The topological polar surface area (TPSA) is 55.6 Å². The zero-order valence-corrected chi connectivity index (χ0v) is 8.75. The molecule has 0 bridgehead atoms. The first-order chi connectivity index (χ1) is 6.07. The third-order valence-corrected chi connectivity index (χ3v) is 1.53. The van der Waals surface area contributed by atoms with E-state index in [-0.39, 0.29) is 0 Å². The number of amides is 1. The number of ether oxygens (including phenoxy) is 1. The van der Waals surface area contributed by atoms with Gasteiger partial charge in [-0.15, -0.1) is 0 Å². The Labute approximate surface area is 80.0 Å². The number of unbranched alkanes of at least 4 members (excludes halogenated alkanes) is 1. The van der Waals surface area contributed by atoms with E-state index in [2.05, 4.69) is 0 Å². The fourth-order valence-corrected chi connectivity index (χ4v) is 0.741. The van der Waals surface area contributed by atoms with E-state index in [0.29, 0.717) is 19.1 Å². The smallest absolute Gasteiger partial charge is 0.424 e. The highest BCUT2D eigenvalue weighted by atomic mass is 16.6. The van der Waals surface area contributed by atoms with Crippen LogP contribution in [0.5, 0.6) is 0 Å². The van der Waals surface area contributed by atoms with Gasteiger partial charge in [0.25, 0.3) is 0 Å². The molecule has 4 nitrogen and oxygen atoms in total. The second-order valence-electron chi connectivity index (χ2n) is 3.52. The van der Waals surface area contributed by atoms with Crippen molar-refractivity contribution in [3.05, 3.63) is 0 Å². The molecule has 0 saturated carbocycles. The van der Waals surface area contributed by atoms with Crippen LogP contribution in [0.15, 0.2) is 0 Å². The van der Waals surface area contributed by atoms with Crippen LogP contribution in [0.4, 0.5) is 4.79 Å². The minimum Gasteiger partial charge on any atom is -0.448 e. The van der Waals surface area contributed by atoms with Gasteiger partial charge < -0.3 is 4.74 Å². The SMILES string of the molecule is CCCCN(N)C(=O)OCC(C)C. The number of nitrogens with two attached hydrogens (primary N) is 1. The summed E-state index contributed by atoms with van der Waals surface area (Å²) in [7, 11) is 0. The zero-order valence-electron chi connectivity index (χ0n) is 8.75. The Bertz CT molecular complexity index is 149. The van der Waals surface area contributed by atoms with Crippen molar-refractivity contribution in [3.63, 3.8) is 0 Å². The van der Waals surface area contributed by atoms with Crippen LogP contribution in [0.1, 0.15) is 33.6 Å². The van der Waals surface area contributed by atoms with Crippen LogP contribution in [0.2, 0.25) is 0 Å². The van der Waals surface area contributed by atoms with Crippen molar-refractivity contribution in [3.8, 4) is 0 Å². The van der Waals surface area contributed by atoms with E-state index in [1.807, 2.05) is 20.8 Å². The number of carbonyl (C=O) groups excluding carboxylic acids is 1. The molecule has 0 saturated heterocycles. The Hall–Kier alpha value is -0.770. The third kappa shape index (κ3) is 6.40. The molecule has 0 aliphatic heterocycles. The minimum absolute atomic E-state index is 0.350. The molecule has 0 atom stereocenters. The van der Waals surface area contributed by atoms with Gasteiger partial charge in [0, 0.05) is 6.54 Å². The van der Waals surface area contributed by atoms with Crippen molar-refractivity contribution < 1.29 is 9.53 Å². The first-order valence-corrected chi connectivity index (χ1v) is 4.77. The molecule has 0 aliphatic carbocycles. The number of hydrogen-bond donors (Lipinski definition) is 1. The van der Waals surface area contributed by atoms with Gasteiger partial charge in [0.05, 0.1) is 6.61 Å². The summed E-state index contributed by atoms with van der Waals surface area (Å²) in [6.45, 7) is 7.01. The average molecular weight is 188 g/mol. The van der Waals surface area contributed by atoms with Crippen molar-refractivity contribution in [2.45, 2.75) is 33.6 Å². The summed E-state index contributed by atoms with van der Waals surface area (Å²) in [5.74, 6) is 5.80. The molecule has 0 aromatic rings. The predicted molar refractivity (Wildman–Crippen MR) is 52.0 cm³/mol. The summed E-state index contributed by atoms with van der Waals surface area (Å²) in [5.41, 5.74) is 0. The highest BCUT2D eigenvalue weighted by Crippen LogP contribution is 1.97. The maximum Gasteiger partial charge on any atom is 0.424 e. The molecule has 0 rings (SSSR count). The summed E-state index contributed by atoms with van der Waals surface area (Å²) in [6.07, 6.45) is 1.50. The molecule has 4 heteroatoms. The molecule has 0 aromatic carbocycles. The van der Waals surface area contributed by atoms with Crippen molar-refractivity contribution in [1.29, 1.82) is 0 Å². The fourth-order valence-electron chi connectivity index (χ4n) is 0.741. The van der Waals surface area contributed by atoms with E-state index in [1.54, 1.807) is 0 Å². The lowest BCUT2D eigenvalue weighted by Crippen LogP contribution is -2.39. The minimum atomic E-state index is -0.429. The van der Waals surface area contributed by atoms with Crippen LogP contribution in [-0.4, -0.2) is 24.3 Å². The molecule has 0 heterocycles. The van der Waals surface area contributed by atoms with Crippen molar-refractivity contribution in [2.75, 3.05) is 13.2 Å². The van der Waals surface area contributed by atoms with E-state index in [1.165, 1.54) is 0 Å². The summed E-state index contributed by atoms with van der Waals surface area (Å²) in [5, 5.41) is 1.13. The largest absolute Gasteiger partial charge is 0.448 e. The Morgan fingerprint density at radius 2 is 2.15 bits per heavy atom. The highest BCUT2D eigenvalue weighted by Gasteiger charge is 2.09. The molecule has 0 spiro atoms. The van der Waals surface area contributed by atoms with Gasteiger partial charge in [-0.1, -0.05) is 27.2 Å². The van der Waals surface area contributed by atoms with Crippen molar-refractivity contribution in [2.24, 2.45) is 11.8 Å². The summed E-state index contributed by atoms with van der Waals surface area (Å²) in [6, 6.07) is 0. The molecule has 0 fully saturated rings. The van der Waals surface area contributed by atoms with Crippen LogP contribution in [-0.2, 0) is 4.74 Å². The quantitative estimate of drug-likeness (QED) is 0.406. The van der Waals surface area contributed by atoms with Crippen LogP contribution >= 0.6 is 0 Å². The molecule has 13 heavy (non-hydrogen) atoms. The average Bonchev–Trinajstić information content (AvgIpc) is 2.10. The van der Waals surface area contributed by atoms with Gasteiger partial charge in [-0.3, -0.25) is 0 Å². The first kappa shape index (κ1) is 12.2. The van der Waals surface area contributed by atoms with Gasteiger partial charge in [0.2, 0.25) is 0 Å². The van der Waals surface area contributed by atoms with Crippen LogP contribution in [0.3, 0.4) is 0 Å².